The van der Waals surface area contributed by atoms with Crippen LogP contribution in [0.5, 0.6) is 0 Å². The van der Waals surface area contributed by atoms with E-state index >= 15 is 0 Å². The van der Waals surface area contributed by atoms with Crippen LogP contribution in [0.15, 0.2) is 23.8 Å². The molecular weight excluding hydrogens is 268 g/mol. The molecule has 1 nitrogen and oxygen atoms in total. The van der Waals surface area contributed by atoms with Gasteiger partial charge in [-0.1, -0.05) is 37.6 Å². The van der Waals surface area contributed by atoms with Crippen molar-refractivity contribution in [2.75, 3.05) is 0 Å². The summed E-state index contributed by atoms with van der Waals surface area (Å²) >= 11 is 0. The number of rotatable bonds is 2. The molecule has 2 saturated carbocycles. The lowest BCUT2D eigenvalue weighted by Crippen LogP contribution is -2.56. The zero-order valence-corrected chi connectivity index (χ0v) is 15.0. The van der Waals surface area contributed by atoms with E-state index in [1.54, 1.807) is 5.57 Å². The molecule has 0 radical (unpaired) electrons. The molecule has 0 aromatic carbocycles. The van der Waals surface area contributed by atoms with Crippen LogP contribution in [0.4, 0.5) is 0 Å². The lowest BCUT2D eigenvalue weighted by molar-refractivity contribution is -0.129. The molecule has 0 amide bonds. The van der Waals surface area contributed by atoms with Gasteiger partial charge in [-0.15, -0.1) is 0 Å². The summed E-state index contributed by atoms with van der Waals surface area (Å²) in [6.07, 6.45) is 11.2. The molecule has 0 aromatic heterocycles. The van der Waals surface area contributed by atoms with Crippen molar-refractivity contribution < 1.29 is 5.11 Å². The number of allylic oxidation sites excluding steroid dienone is 3. The first-order valence-corrected chi connectivity index (χ1v) is 9.41. The standard InChI is InChI=1S/C21H34O/c1-6-21(20(4,5)22)13-14(2)19-17(15(21)3)12-11-16-9-7-8-10-18(16)19/h9,15,17-19,22H,2,6-8,10-13H2,1,3-5H3/t15-,17?,18?,19-,21?/m0/s1. The Bertz CT molecular complexity index is 481. The van der Waals surface area contributed by atoms with Crippen molar-refractivity contribution in [3.63, 3.8) is 0 Å². The van der Waals surface area contributed by atoms with Crippen molar-refractivity contribution in [1.82, 2.24) is 0 Å². The van der Waals surface area contributed by atoms with E-state index in [0.717, 1.165) is 18.8 Å². The number of aliphatic hydroxyl groups is 1. The third kappa shape index (κ3) is 2.23. The summed E-state index contributed by atoms with van der Waals surface area (Å²) < 4.78 is 0. The minimum absolute atomic E-state index is 0.00113. The summed E-state index contributed by atoms with van der Waals surface area (Å²) in [6, 6.07) is 0. The molecule has 0 heterocycles. The normalized spacial score (nSPS) is 42.4. The molecule has 3 aliphatic rings. The number of hydrogen-bond acceptors (Lipinski definition) is 1. The molecule has 2 fully saturated rings. The second-order valence-electron chi connectivity index (χ2n) is 8.74. The zero-order valence-electron chi connectivity index (χ0n) is 15.0. The Labute approximate surface area is 136 Å². The largest absolute Gasteiger partial charge is 0.390 e. The zero-order chi connectivity index (χ0) is 16.1. The molecule has 0 saturated heterocycles. The molecule has 3 aliphatic carbocycles. The summed E-state index contributed by atoms with van der Waals surface area (Å²) in [6.45, 7) is 13.3. The van der Waals surface area contributed by atoms with E-state index in [9.17, 15) is 5.11 Å². The van der Waals surface area contributed by atoms with Crippen LogP contribution >= 0.6 is 0 Å². The highest BCUT2D eigenvalue weighted by Gasteiger charge is 2.56. The Balaban J connectivity index is 1.97. The predicted molar refractivity (Wildman–Crippen MR) is 93.6 cm³/mol. The van der Waals surface area contributed by atoms with Crippen molar-refractivity contribution in [3.05, 3.63) is 23.8 Å². The molecule has 0 spiro atoms. The van der Waals surface area contributed by atoms with Gasteiger partial charge in [0.15, 0.2) is 0 Å². The fraction of sp³-hybridized carbons (Fsp3) is 0.810. The Morgan fingerprint density at radius 3 is 2.73 bits per heavy atom. The third-order valence-corrected chi connectivity index (χ3v) is 7.64. The van der Waals surface area contributed by atoms with Crippen molar-refractivity contribution in [2.45, 2.75) is 78.2 Å². The van der Waals surface area contributed by atoms with Gasteiger partial charge in [0.05, 0.1) is 5.60 Å². The summed E-state index contributed by atoms with van der Waals surface area (Å²) in [5.74, 6) is 2.74. The van der Waals surface area contributed by atoms with E-state index in [2.05, 4.69) is 26.5 Å². The van der Waals surface area contributed by atoms with Crippen LogP contribution in [-0.4, -0.2) is 10.7 Å². The highest BCUT2D eigenvalue weighted by Crippen LogP contribution is 2.62. The van der Waals surface area contributed by atoms with Crippen LogP contribution in [-0.2, 0) is 0 Å². The molecule has 5 atom stereocenters. The molecule has 1 N–H and O–H groups in total. The van der Waals surface area contributed by atoms with Crippen LogP contribution in [0.25, 0.3) is 0 Å². The Hall–Kier alpha value is -0.560. The molecule has 0 aliphatic heterocycles. The van der Waals surface area contributed by atoms with Crippen LogP contribution in [0.1, 0.15) is 72.6 Å². The fourth-order valence-electron chi connectivity index (χ4n) is 6.37. The molecule has 0 bridgehead atoms. The molecule has 0 aromatic rings. The lowest BCUT2D eigenvalue weighted by atomic mass is 9.46. The van der Waals surface area contributed by atoms with Gasteiger partial charge in [-0.2, -0.15) is 0 Å². The quantitative estimate of drug-likeness (QED) is 0.667. The predicted octanol–water partition coefficient (Wildman–Crippen LogP) is 5.50. The molecule has 3 rings (SSSR count). The SMILES string of the molecule is C=C1CC(CC)(C(C)(C)O)[C@@H](C)C2CCC3=CCCCC3[C@@H]12. The van der Waals surface area contributed by atoms with E-state index in [1.165, 1.54) is 37.7 Å². The van der Waals surface area contributed by atoms with Gasteiger partial charge < -0.3 is 5.11 Å². The summed E-state index contributed by atoms with van der Waals surface area (Å²) in [5.41, 5.74) is 2.54. The van der Waals surface area contributed by atoms with Gasteiger partial charge in [-0.3, -0.25) is 0 Å². The van der Waals surface area contributed by atoms with Crippen molar-refractivity contribution in [2.24, 2.45) is 29.1 Å². The highest BCUT2D eigenvalue weighted by atomic mass is 16.3. The van der Waals surface area contributed by atoms with Gasteiger partial charge in [0, 0.05) is 5.41 Å². The summed E-state index contributed by atoms with van der Waals surface area (Å²) in [4.78, 5) is 0. The van der Waals surface area contributed by atoms with E-state index in [0.29, 0.717) is 17.8 Å². The first-order valence-electron chi connectivity index (χ1n) is 9.41. The number of hydrogen-bond donors (Lipinski definition) is 1. The van der Waals surface area contributed by atoms with Crippen molar-refractivity contribution in [1.29, 1.82) is 0 Å². The maximum atomic E-state index is 11.0. The van der Waals surface area contributed by atoms with Gasteiger partial charge in [0.25, 0.3) is 0 Å². The van der Waals surface area contributed by atoms with E-state index in [4.69, 9.17) is 0 Å². The molecule has 124 valence electrons. The topological polar surface area (TPSA) is 20.2 Å². The van der Waals surface area contributed by atoms with E-state index in [1.807, 2.05) is 13.8 Å². The maximum Gasteiger partial charge on any atom is 0.0653 e. The number of fused-ring (bicyclic) bond motifs is 3. The second kappa shape index (κ2) is 5.51. The first-order chi connectivity index (χ1) is 10.3. The summed E-state index contributed by atoms with van der Waals surface area (Å²) in [5, 5.41) is 11.0. The molecule has 1 heteroatoms. The second-order valence-corrected chi connectivity index (χ2v) is 8.74. The molecule has 3 unspecified atom stereocenters. The minimum atomic E-state index is -0.627. The van der Waals surface area contributed by atoms with Gasteiger partial charge in [-0.05, 0) is 82.5 Å². The van der Waals surface area contributed by atoms with E-state index in [-0.39, 0.29) is 5.41 Å². The summed E-state index contributed by atoms with van der Waals surface area (Å²) in [7, 11) is 0. The Morgan fingerprint density at radius 1 is 1.36 bits per heavy atom. The average molecular weight is 303 g/mol. The third-order valence-electron chi connectivity index (χ3n) is 7.64. The monoisotopic (exact) mass is 302 g/mol. The van der Waals surface area contributed by atoms with Crippen LogP contribution < -0.4 is 0 Å². The van der Waals surface area contributed by atoms with Gasteiger partial charge in [0.1, 0.15) is 0 Å². The fourth-order valence-corrected chi connectivity index (χ4v) is 6.37. The van der Waals surface area contributed by atoms with Gasteiger partial charge in [0.2, 0.25) is 0 Å². The smallest absolute Gasteiger partial charge is 0.0653 e. The maximum absolute atomic E-state index is 11.0. The van der Waals surface area contributed by atoms with Gasteiger partial charge >= 0.3 is 0 Å². The van der Waals surface area contributed by atoms with Crippen LogP contribution in [0.2, 0.25) is 0 Å². The van der Waals surface area contributed by atoms with Gasteiger partial charge in [-0.25, -0.2) is 0 Å². The van der Waals surface area contributed by atoms with E-state index < -0.39 is 5.60 Å². The minimum Gasteiger partial charge on any atom is -0.390 e. The lowest BCUT2D eigenvalue weighted by Gasteiger charge is -2.59. The molecular formula is C21H34O. The van der Waals surface area contributed by atoms with Crippen LogP contribution in [0, 0.1) is 29.1 Å². The average Bonchev–Trinajstić information content (AvgIpc) is 2.48. The Kier molecular flexibility index (Phi) is 4.08. The highest BCUT2D eigenvalue weighted by molar-refractivity contribution is 5.26. The Morgan fingerprint density at radius 2 is 2.09 bits per heavy atom. The first kappa shape index (κ1) is 16.3. The van der Waals surface area contributed by atoms with Crippen LogP contribution in [0.3, 0.4) is 0 Å². The van der Waals surface area contributed by atoms with Crippen molar-refractivity contribution in [3.8, 4) is 0 Å². The molecule has 22 heavy (non-hydrogen) atoms. The van der Waals surface area contributed by atoms with Crippen molar-refractivity contribution >= 4 is 0 Å².